The van der Waals surface area contributed by atoms with Crippen molar-refractivity contribution < 1.29 is 0 Å². The zero-order valence-electron chi connectivity index (χ0n) is 7.42. The standard InChI is InChI=1S/C9H12ClN3/c1-6-7(5-13-9(11)12)3-2-4-8(6)10/h2-4H,5H2,1H3,(H4,11,12,13). The average Bonchev–Trinajstić information content (AvgIpc) is 2.07. The zero-order valence-corrected chi connectivity index (χ0v) is 8.17. The first-order chi connectivity index (χ1) is 6.11. The number of nitrogens with two attached hydrogens (primary N) is 2. The highest BCUT2D eigenvalue weighted by Crippen LogP contribution is 2.18. The van der Waals surface area contributed by atoms with Crippen LogP contribution in [0.4, 0.5) is 0 Å². The number of benzene rings is 1. The predicted octanol–water partition coefficient (Wildman–Crippen LogP) is 1.42. The summed E-state index contributed by atoms with van der Waals surface area (Å²) >= 11 is 5.92. The number of hydrogen-bond donors (Lipinski definition) is 2. The average molecular weight is 198 g/mol. The molecule has 4 N–H and O–H groups in total. The molecule has 4 heteroatoms. The van der Waals surface area contributed by atoms with E-state index in [1.807, 2.05) is 25.1 Å². The molecule has 0 radical (unpaired) electrons. The van der Waals surface area contributed by atoms with Crippen molar-refractivity contribution >= 4 is 17.6 Å². The molecule has 1 aromatic rings. The summed E-state index contributed by atoms with van der Waals surface area (Å²) in [6.07, 6.45) is 0. The quantitative estimate of drug-likeness (QED) is 0.557. The molecular weight excluding hydrogens is 186 g/mol. The molecule has 0 spiro atoms. The molecule has 1 rings (SSSR count). The van der Waals surface area contributed by atoms with E-state index in [0.29, 0.717) is 6.54 Å². The second-order valence-corrected chi connectivity index (χ2v) is 3.17. The van der Waals surface area contributed by atoms with E-state index in [2.05, 4.69) is 4.99 Å². The van der Waals surface area contributed by atoms with Gasteiger partial charge in [0, 0.05) is 5.02 Å². The summed E-state index contributed by atoms with van der Waals surface area (Å²) in [6.45, 7) is 2.43. The Morgan fingerprint density at radius 3 is 2.77 bits per heavy atom. The maximum atomic E-state index is 5.92. The van der Waals surface area contributed by atoms with Crippen LogP contribution in [0.3, 0.4) is 0 Å². The number of hydrogen-bond acceptors (Lipinski definition) is 1. The molecule has 0 amide bonds. The summed E-state index contributed by atoms with van der Waals surface area (Å²) in [5.74, 6) is 0.0966. The van der Waals surface area contributed by atoms with Crippen molar-refractivity contribution in [3.63, 3.8) is 0 Å². The van der Waals surface area contributed by atoms with Crippen molar-refractivity contribution in [3.8, 4) is 0 Å². The highest BCUT2D eigenvalue weighted by atomic mass is 35.5. The summed E-state index contributed by atoms with van der Waals surface area (Å²) in [6, 6.07) is 5.68. The normalized spacial score (nSPS) is 9.69. The molecule has 0 aliphatic carbocycles. The Hall–Kier alpha value is -1.22. The van der Waals surface area contributed by atoms with Crippen molar-refractivity contribution in [2.45, 2.75) is 13.5 Å². The number of nitrogens with zero attached hydrogens (tertiary/aromatic N) is 1. The van der Waals surface area contributed by atoms with Gasteiger partial charge in [0.25, 0.3) is 0 Å². The first-order valence-corrected chi connectivity index (χ1v) is 4.28. The number of halogens is 1. The fourth-order valence-corrected chi connectivity index (χ4v) is 1.19. The predicted molar refractivity (Wildman–Crippen MR) is 55.7 cm³/mol. The van der Waals surface area contributed by atoms with E-state index >= 15 is 0 Å². The van der Waals surface area contributed by atoms with E-state index in [-0.39, 0.29) is 5.96 Å². The molecule has 70 valence electrons. The fraction of sp³-hybridized carbons (Fsp3) is 0.222. The van der Waals surface area contributed by atoms with E-state index in [4.69, 9.17) is 23.1 Å². The van der Waals surface area contributed by atoms with Crippen molar-refractivity contribution in [1.29, 1.82) is 0 Å². The van der Waals surface area contributed by atoms with Crippen LogP contribution < -0.4 is 11.5 Å². The van der Waals surface area contributed by atoms with Gasteiger partial charge < -0.3 is 11.5 Å². The smallest absolute Gasteiger partial charge is 0.186 e. The van der Waals surface area contributed by atoms with Gasteiger partial charge in [0.2, 0.25) is 0 Å². The Balaban J connectivity index is 2.89. The van der Waals surface area contributed by atoms with Crippen LogP contribution >= 0.6 is 11.6 Å². The topological polar surface area (TPSA) is 64.4 Å². The second kappa shape index (κ2) is 4.14. The maximum Gasteiger partial charge on any atom is 0.186 e. The van der Waals surface area contributed by atoms with Gasteiger partial charge in [-0.15, -0.1) is 0 Å². The molecule has 0 saturated carbocycles. The summed E-state index contributed by atoms with van der Waals surface area (Å²) in [5.41, 5.74) is 12.5. The monoisotopic (exact) mass is 197 g/mol. The summed E-state index contributed by atoms with van der Waals surface area (Å²) in [7, 11) is 0. The van der Waals surface area contributed by atoms with E-state index < -0.39 is 0 Å². The van der Waals surface area contributed by atoms with Gasteiger partial charge in [0.05, 0.1) is 6.54 Å². The fourth-order valence-electron chi connectivity index (χ4n) is 1.000. The van der Waals surface area contributed by atoms with Crippen molar-refractivity contribution in [2.75, 3.05) is 0 Å². The number of rotatable bonds is 2. The highest BCUT2D eigenvalue weighted by Gasteiger charge is 2.00. The molecule has 0 aliphatic rings. The van der Waals surface area contributed by atoms with Gasteiger partial charge >= 0.3 is 0 Å². The number of guanidine groups is 1. The lowest BCUT2D eigenvalue weighted by Crippen LogP contribution is -2.22. The molecule has 0 fully saturated rings. The Morgan fingerprint density at radius 1 is 1.46 bits per heavy atom. The molecular formula is C9H12ClN3. The first kappa shape index (κ1) is 9.86. The lowest BCUT2D eigenvalue weighted by molar-refractivity contribution is 1.04. The molecule has 0 saturated heterocycles. The Morgan fingerprint density at radius 2 is 2.15 bits per heavy atom. The van der Waals surface area contributed by atoms with Gasteiger partial charge in [0.1, 0.15) is 0 Å². The minimum absolute atomic E-state index is 0.0966. The van der Waals surface area contributed by atoms with Gasteiger partial charge in [-0.3, -0.25) is 0 Å². The molecule has 1 aromatic carbocycles. The van der Waals surface area contributed by atoms with Gasteiger partial charge in [-0.25, -0.2) is 4.99 Å². The van der Waals surface area contributed by atoms with E-state index in [0.717, 1.165) is 16.1 Å². The molecule has 13 heavy (non-hydrogen) atoms. The third kappa shape index (κ3) is 2.63. The van der Waals surface area contributed by atoms with Crippen molar-refractivity contribution in [3.05, 3.63) is 34.3 Å². The Bertz CT molecular complexity index is 330. The van der Waals surface area contributed by atoms with Crippen LogP contribution in [0.2, 0.25) is 5.02 Å². The van der Waals surface area contributed by atoms with Crippen LogP contribution in [0.15, 0.2) is 23.2 Å². The van der Waals surface area contributed by atoms with Crippen LogP contribution in [0.5, 0.6) is 0 Å². The lowest BCUT2D eigenvalue weighted by atomic mass is 10.1. The second-order valence-electron chi connectivity index (χ2n) is 2.77. The molecule has 3 nitrogen and oxygen atoms in total. The van der Waals surface area contributed by atoms with Gasteiger partial charge in [0.15, 0.2) is 5.96 Å². The molecule has 0 bridgehead atoms. The van der Waals surface area contributed by atoms with E-state index in [9.17, 15) is 0 Å². The van der Waals surface area contributed by atoms with Crippen molar-refractivity contribution in [1.82, 2.24) is 0 Å². The van der Waals surface area contributed by atoms with Gasteiger partial charge in [-0.2, -0.15) is 0 Å². The Kier molecular flexibility index (Phi) is 3.14. The van der Waals surface area contributed by atoms with Crippen LogP contribution in [0.25, 0.3) is 0 Å². The van der Waals surface area contributed by atoms with Gasteiger partial charge in [-0.1, -0.05) is 23.7 Å². The third-order valence-corrected chi connectivity index (χ3v) is 2.22. The Labute approximate surface area is 82.4 Å². The number of aliphatic imine (C=N–C) groups is 1. The minimum Gasteiger partial charge on any atom is -0.370 e. The molecule has 0 heterocycles. The first-order valence-electron chi connectivity index (χ1n) is 3.90. The molecule has 0 aromatic heterocycles. The van der Waals surface area contributed by atoms with Crippen LogP contribution in [0.1, 0.15) is 11.1 Å². The minimum atomic E-state index is 0.0966. The summed E-state index contributed by atoms with van der Waals surface area (Å²) < 4.78 is 0. The molecule has 0 aliphatic heterocycles. The van der Waals surface area contributed by atoms with Crippen LogP contribution in [0, 0.1) is 6.92 Å². The van der Waals surface area contributed by atoms with Crippen LogP contribution in [-0.2, 0) is 6.54 Å². The molecule has 0 unspecified atom stereocenters. The summed E-state index contributed by atoms with van der Waals surface area (Å²) in [5, 5.41) is 0.739. The van der Waals surface area contributed by atoms with E-state index in [1.165, 1.54) is 0 Å². The third-order valence-electron chi connectivity index (χ3n) is 1.81. The largest absolute Gasteiger partial charge is 0.370 e. The zero-order chi connectivity index (χ0) is 9.84. The maximum absolute atomic E-state index is 5.92. The molecule has 0 atom stereocenters. The highest BCUT2D eigenvalue weighted by molar-refractivity contribution is 6.31. The van der Waals surface area contributed by atoms with Gasteiger partial charge in [-0.05, 0) is 24.1 Å². The van der Waals surface area contributed by atoms with Crippen LogP contribution in [-0.4, -0.2) is 5.96 Å². The summed E-state index contributed by atoms with van der Waals surface area (Å²) in [4.78, 5) is 3.91. The SMILES string of the molecule is Cc1c(Cl)cccc1CN=C(N)N. The van der Waals surface area contributed by atoms with Crippen molar-refractivity contribution in [2.24, 2.45) is 16.5 Å². The van der Waals surface area contributed by atoms with E-state index in [1.54, 1.807) is 0 Å². The lowest BCUT2D eigenvalue weighted by Gasteiger charge is -2.03.